The molecule has 0 nitrogen and oxygen atoms in total. The van der Waals surface area contributed by atoms with Gasteiger partial charge in [0.1, 0.15) is 0 Å². The van der Waals surface area contributed by atoms with Crippen LogP contribution in [0.5, 0.6) is 0 Å². The Kier molecular flexibility index (Phi) is 2.32. The molecule has 0 saturated carbocycles. The van der Waals surface area contributed by atoms with Crippen molar-refractivity contribution in [2.45, 2.75) is 33.1 Å². The van der Waals surface area contributed by atoms with E-state index >= 15 is 0 Å². The van der Waals surface area contributed by atoms with Crippen molar-refractivity contribution >= 4 is 0 Å². The molecule has 0 aliphatic heterocycles. The van der Waals surface area contributed by atoms with Gasteiger partial charge < -0.3 is 0 Å². The summed E-state index contributed by atoms with van der Waals surface area (Å²) in [7, 11) is 0. The van der Waals surface area contributed by atoms with Crippen LogP contribution in [0, 0.1) is 11.8 Å². The monoisotopic (exact) mass is 124 g/mol. The third kappa shape index (κ3) is 1.85. The van der Waals surface area contributed by atoms with E-state index in [2.05, 4.69) is 26.0 Å². The van der Waals surface area contributed by atoms with E-state index < -0.39 is 0 Å². The van der Waals surface area contributed by atoms with Gasteiger partial charge in [-0.2, -0.15) is 0 Å². The second kappa shape index (κ2) is 3.05. The first-order valence-corrected chi connectivity index (χ1v) is 4.01. The van der Waals surface area contributed by atoms with E-state index in [1.807, 2.05) is 0 Å². The van der Waals surface area contributed by atoms with Crippen LogP contribution in [-0.4, -0.2) is 0 Å². The first-order chi connectivity index (χ1) is 4.33. The molecule has 0 spiro atoms. The molecular formula is C9H16. The summed E-state index contributed by atoms with van der Waals surface area (Å²) in [6.07, 6.45) is 8.87. The molecule has 0 aromatic heterocycles. The number of hydrogen-bond donors (Lipinski definition) is 0. The molecule has 0 heterocycles. The SMILES string of the molecule is CCC1C=C[C@@H](C)CC1. The van der Waals surface area contributed by atoms with E-state index in [1.165, 1.54) is 19.3 Å². The minimum Gasteiger partial charge on any atom is -0.0854 e. The molecule has 0 amide bonds. The summed E-state index contributed by atoms with van der Waals surface area (Å²) in [5.41, 5.74) is 0. The fourth-order valence-electron chi connectivity index (χ4n) is 1.36. The quantitative estimate of drug-likeness (QED) is 0.471. The maximum absolute atomic E-state index is 2.38. The summed E-state index contributed by atoms with van der Waals surface area (Å²) in [5, 5.41) is 0. The van der Waals surface area contributed by atoms with Crippen molar-refractivity contribution in [2.24, 2.45) is 11.8 Å². The predicted molar refractivity (Wildman–Crippen MR) is 41.3 cm³/mol. The van der Waals surface area contributed by atoms with Gasteiger partial charge in [-0.1, -0.05) is 26.0 Å². The van der Waals surface area contributed by atoms with Crippen LogP contribution >= 0.6 is 0 Å². The summed E-state index contributed by atoms with van der Waals surface area (Å²) in [4.78, 5) is 0. The number of hydrogen-bond acceptors (Lipinski definition) is 0. The highest BCUT2D eigenvalue weighted by atomic mass is 14.1. The van der Waals surface area contributed by atoms with E-state index in [-0.39, 0.29) is 0 Å². The van der Waals surface area contributed by atoms with Gasteiger partial charge in [-0.05, 0) is 31.1 Å². The van der Waals surface area contributed by atoms with E-state index in [0.717, 1.165) is 11.8 Å². The zero-order chi connectivity index (χ0) is 6.69. The molecule has 0 N–H and O–H groups in total. The standard InChI is InChI=1S/C9H16/c1-3-9-6-4-8(2)5-7-9/h4,6,8-9H,3,5,7H2,1-2H3/t8-,9?/m1/s1. The molecule has 0 aromatic rings. The first-order valence-electron chi connectivity index (χ1n) is 4.01. The van der Waals surface area contributed by atoms with E-state index in [4.69, 9.17) is 0 Å². The Morgan fingerprint density at radius 1 is 1.33 bits per heavy atom. The summed E-state index contributed by atoms with van der Waals surface area (Å²) >= 11 is 0. The van der Waals surface area contributed by atoms with Crippen LogP contribution in [0.2, 0.25) is 0 Å². The van der Waals surface area contributed by atoms with Gasteiger partial charge in [0.25, 0.3) is 0 Å². The van der Waals surface area contributed by atoms with Gasteiger partial charge in [0.15, 0.2) is 0 Å². The minimum atomic E-state index is 0.841. The highest BCUT2D eigenvalue weighted by molar-refractivity contribution is 4.95. The Bertz CT molecular complexity index is 103. The van der Waals surface area contributed by atoms with Crippen molar-refractivity contribution in [3.05, 3.63) is 12.2 Å². The third-order valence-corrected chi connectivity index (χ3v) is 2.23. The molecule has 0 bridgehead atoms. The fraction of sp³-hybridized carbons (Fsp3) is 0.778. The van der Waals surface area contributed by atoms with Gasteiger partial charge in [-0.25, -0.2) is 0 Å². The lowest BCUT2D eigenvalue weighted by Crippen LogP contribution is -2.04. The zero-order valence-corrected chi connectivity index (χ0v) is 6.43. The molecule has 1 aliphatic carbocycles. The van der Waals surface area contributed by atoms with Crippen LogP contribution in [0.15, 0.2) is 12.2 Å². The topological polar surface area (TPSA) is 0 Å². The lowest BCUT2D eigenvalue weighted by atomic mass is 9.88. The smallest absolute Gasteiger partial charge is 0.0236 e. The molecule has 52 valence electrons. The van der Waals surface area contributed by atoms with Gasteiger partial charge >= 0.3 is 0 Å². The molecule has 0 fully saturated rings. The minimum absolute atomic E-state index is 0.841. The highest BCUT2D eigenvalue weighted by Crippen LogP contribution is 2.23. The molecule has 9 heavy (non-hydrogen) atoms. The summed E-state index contributed by atoms with van der Waals surface area (Å²) < 4.78 is 0. The van der Waals surface area contributed by atoms with Gasteiger partial charge in [0.2, 0.25) is 0 Å². The summed E-state index contributed by atoms with van der Waals surface area (Å²) in [5.74, 6) is 1.73. The van der Waals surface area contributed by atoms with Gasteiger partial charge in [-0.3, -0.25) is 0 Å². The van der Waals surface area contributed by atoms with E-state index in [1.54, 1.807) is 0 Å². The Balaban J connectivity index is 2.38. The number of allylic oxidation sites excluding steroid dienone is 2. The average Bonchev–Trinajstić information content (AvgIpc) is 1.90. The highest BCUT2D eigenvalue weighted by Gasteiger charge is 2.09. The zero-order valence-electron chi connectivity index (χ0n) is 6.43. The Morgan fingerprint density at radius 2 is 2.11 bits per heavy atom. The second-order valence-corrected chi connectivity index (χ2v) is 3.11. The molecule has 1 aliphatic rings. The third-order valence-electron chi connectivity index (χ3n) is 2.23. The van der Waals surface area contributed by atoms with Crippen LogP contribution < -0.4 is 0 Å². The van der Waals surface area contributed by atoms with Crippen molar-refractivity contribution in [3.63, 3.8) is 0 Å². The van der Waals surface area contributed by atoms with Gasteiger partial charge in [0, 0.05) is 0 Å². The van der Waals surface area contributed by atoms with Crippen molar-refractivity contribution in [1.82, 2.24) is 0 Å². The molecular weight excluding hydrogens is 108 g/mol. The van der Waals surface area contributed by atoms with Crippen molar-refractivity contribution in [3.8, 4) is 0 Å². The molecule has 0 radical (unpaired) electrons. The lowest BCUT2D eigenvalue weighted by Gasteiger charge is -2.17. The van der Waals surface area contributed by atoms with E-state index in [9.17, 15) is 0 Å². The van der Waals surface area contributed by atoms with Crippen LogP contribution in [-0.2, 0) is 0 Å². The van der Waals surface area contributed by atoms with Crippen molar-refractivity contribution < 1.29 is 0 Å². The molecule has 1 rings (SSSR count). The maximum Gasteiger partial charge on any atom is -0.0236 e. The van der Waals surface area contributed by atoms with E-state index in [0.29, 0.717) is 0 Å². The molecule has 2 atom stereocenters. The lowest BCUT2D eigenvalue weighted by molar-refractivity contribution is 0.467. The summed E-state index contributed by atoms with van der Waals surface area (Å²) in [6.45, 7) is 4.56. The maximum atomic E-state index is 2.38. The van der Waals surface area contributed by atoms with Crippen molar-refractivity contribution in [1.29, 1.82) is 0 Å². The molecule has 0 saturated heterocycles. The molecule has 0 heteroatoms. The Labute approximate surface area is 58.0 Å². The molecule has 0 aromatic carbocycles. The Morgan fingerprint density at radius 3 is 2.56 bits per heavy atom. The first kappa shape index (κ1) is 6.85. The fourth-order valence-corrected chi connectivity index (χ4v) is 1.36. The largest absolute Gasteiger partial charge is 0.0854 e. The average molecular weight is 124 g/mol. The van der Waals surface area contributed by atoms with Crippen LogP contribution in [0.4, 0.5) is 0 Å². The normalized spacial score (nSPS) is 34.9. The van der Waals surface area contributed by atoms with Crippen molar-refractivity contribution in [2.75, 3.05) is 0 Å². The molecule has 1 unspecified atom stereocenters. The van der Waals surface area contributed by atoms with Crippen LogP contribution in [0.3, 0.4) is 0 Å². The Hall–Kier alpha value is -0.260. The number of rotatable bonds is 1. The van der Waals surface area contributed by atoms with Crippen LogP contribution in [0.1, 0.15) is 33.1 Å². The van der Waals surface area contributed by atoms with Crippen LogP contribution in [0.25, 0.3) is 0 Å². The second-order valence-electron chi connectivity index (χ2n) is 3.11. The van der Waals surface area contributed by atoms with Gasteiger partial charge in [0.05, 0.1) is 0 Å². The predicted octanol–water partition coefficient (Wildman–Crippen LogP) is 3.00. The summed E-state index contributed by atoms with van der Waals surface area (Å²) in [6, 6.07) is 0. The van der Waals surface area contributed by atoms with Gasteiger partial charge in [-0.15, -0.1) is 0 Å².